The molecule has 1 unspecified atom stereocenters. The summed E-state index contributed by atoms with van der Waals surface area (Å²) in [6.07, 6.45) is 9.24. The largest absolute Gasteiger partial charge is 0.553 e. The first kappa shape index (κ1) is 35.9. The van der Waals surface area contributed by atoms with Crippen molar-refractivity contribution < 1.29 is 107 Å². The molecule has 0 fully saturated rings. The van der Waals surface area contributed by atoms with Gasteiger partial charge in [-0.15, -0.1) is 0 Å². The van der Waals surface area contributed by atoms with Gasteiger partial charge < -0.3 is 14.9 Å². The summed E-state index contributed by atoms with van der Waals surface area (Å²) >= 11 is 0. The van der Waals surface area contributed by atoms with E-state index < -0.39 is 5.91 Å². The SMILES string of the molecule is CC.CC.CC1=C2C=CC3=[N+]2C24n5c(ccc5C(C)=c5ccc(n52)=C3C)C(C)=C2C=CC1=[N+]24.[CH3-].[CH3-].[Y].[Y].[Y]. The predicted octanol–water partition coefficient (Wildman–Crippen LogP) is 5.15. The van der Waals surface area contributed by atoms with Gasteiger partial charge in [-0.3, -0.25) is 0 Å². The van der Waals surface area contributed by atoms with Gasteiger partial charge in [0.15, 0.2) is 0 Å². The van der Waals surface area contributed by atoms with Crippen LogP contribution in [-0.2, 0) is 104 Å². The minimum absolute atomic E-state index is 0. The van der Waals surface area contributed by atoms with Gasteiger partial charge in [0.2, 0.25) is 22.8 Å². The second kappa shape index (κ2) is 12.4. The first-order chi connectivity index (χ1) is 16.1. The van der Waals surface area contributed by atoms with E-state index >= 15 is 0 Å². The van der Waals surface area contributed by atoms with E-state index in [1.54, 1.807) is 0 Å². The molecule has 0 aliphatic carbocycles. The summed E-state index contributed by atoms with van der Waals surface area (Å²) in [5.41, 5.74) is 13.2. The zero-order valence-corrected chi connectivity index (χ0v) is 33.2. The van der Waals surface area contributed by atoms with Crippen LogP contribution in [0.1, 0.15) is 66.8 Å². The topological polar surface area (TPSA) is 15.9 Å². The third-order valence-corrected chi connectivity index (χ3v) is 7.80. The Balaban J connectivity index is 0.000000771. The standard InChI is InChI=1S/C25H20N4.2C2H6.2CH3.3Y/c1-13-17-5-7-19-14(2)21-9-11-23-16(4)24-12-10-22-15(3)20-8-6-18(13)27(20)25(26(17)19,28(21)23)29(22)24;2*1-2;;;;;/h5-12H,1-4H3;2*1-2H3;2*1H3;;;/q+2;;;2*-1;;;. The van der Waals surface area contributed by atoms with E-state index in [2.05, 4.69) is 94.5 Å². The summed E-state index contributed by atoms with van der Waals surface area (Å²) in [7, 11) is 0. The molecule has 7 heteroatoms. The van der Waals surface area contributed by atoms with Crippen LogP contribution >= 0.6 is 0 Å². The predicted molar refractivity (Wildman–Crippen MR) is 148 cm³/mol. The van der Waals surface area contributed by atoms with Crippen molar-refractivity contribution >= 4 is 28.1 Å². The summed E-state index contributed by atoms with van der Waals surface area (Å²) in [4.78, 5) is 0. The molecule has 191 valence electrons. The number of allylic oxidation sites excluding steroid dienone is 6. The van der Waals surface area contributed by atoms with Crippen molar-refractivity contribution in [2.45, 2.75) is 61.3 Å². The van der Waals surface area contributed by atoms with Crippen molar-refractivity contribution in [1.82, 2.24) is 9.13 Å². The van der Waals surface area contributed by atoms with Crippen molar-refractivity contribution in [3.05, 3.63) is 102 Å². The number of hydrogen-bond acceptors (Lipinski definition) is 0. The van der Waals surface area contributed by atoms with Crippen LogP contribution in [0.5, 0.6) is 0 Å². The minimum atomic E-state index is -0.470. The molecule has 0 saturated carbocycles. The molecule has 2 aromatic heterocycles. The van der Waals surface area contributed by atoms with Crippen LogP contribution in [0, 0.1) is 14.9 Å². The molecular formula is C31H38N4Y3. The maximum atomic E-state index is 2.58. The van der Waals surface area contributed by atoms with Gasteiger partial charge in [-0.2, -0.15) is 9.13 Å². The summed E-state index contributed by atoms with van der Waals surface area (Å²) in [6, 6.07) is 9.24. The number of nitrogens with zero attached hydrogens (tertiary/aromatic N) is 4. The van der Waals surface area contributed by atoms with Crippen molar-refractivity contribution in [3.63, 3.8) is 0 Å². The van der Waals surface area contributed by atoms with Gasteiger partial charge in [-0.05, 0) is 57.5 Å². The molecule has 3 radical (unpaired) electrons. The molecule has 38 heavy (non-hydrogen) atoms. The molecule has 1 atom stereocenters. The van der Waals surface area contributed by atoms with Gasteiger partial charge >= 0.3 is 5.91 Å². The number of aromatic nitrogens is 2. The Bertz CT molecular complexity index is 1630. The van der Waals surface area contributed by atoms with E-state index in [9.17, 15) is 0 Å². The molecule has 8 heterocycles. The van der Waals surface area contributed by atoms with E-state index in [1.165, 1.54) is 67.2 Å². The molecule has 6 aliphatic heterocycles. The van der Waals surface area contributed by atoms with Crippen LogP contribution in [0.3, 0.4) is 0 Å². The Morgan fingerprint density at radius 1 is 0.526 bits per heavy atom. The van der Waals surface area contributed by atoms with E-state index in [-0.39, 0.29) is 113 Å². The Labute approximate surface area is 304 Å². The minimum Gasteiger partial charge on any atom is -0.358 e. The maximum absolute atomic E-state index is 2.58. The fourth-order valence-electron chi connectivity index (χ4n) is 6.51. The smallest absolute Gasteiger partial charge is 0.358 e. The molecule has 0 aromatic carbocycles. The third kappa shape index (κ3) is 3.76. The first-order valence-corrected chi connectivity index (χ1v) is 12.3. The summed E-state index contributed by atoms with van der Waals surface area (Å²) < 4.78 is 10.3. The van der Waals surface area contributed by atoms with E-state index in [0.29, 0.717) is 0 Å². The third-order valence-electron chi connectivity index (χ3n) is 7.80. The fraction of sp³-hybridized carbons (Fsp3) is 0.290. The van der Waals surface area contributed by atoms with Gasteiger partial charge in [0.25, 0.3) is 0 Å². The fourth-order valence-corrected chi connectivity index (χ4v) is 6.51. The van der Waals surface area contributed by atoms with E-state index in [1.807, 2.05) is 27.7 Å². The van der Waals surface area contributed by atoms with Crippen LogP contribution in [-0.4, -0.2) is 29.7 Å². The molecule has 2 aromatic rings. The van der Waals surface area contributed by atoms with Gasteiger partial charge in [-0.1, -0.05) is 36.8 Å². The van der Waals surface area contributed by atoms with Gasteiger partial charge in [0.05, 0.1) is 27.7 Å². The summed E-state index contributed by atoms with van der Waals surface area (Å²) in [6.45, 7) is 17.1. The van der Waals surface area contributed by atoms with Crippen LogP contribution in [0.25, 0.3) is 16.7 Å². The van der Waals surface area contributed by atoms with Gasteiger partial charge in [0.1, 0.15) is 0 Å². The summed E-state index contributed by atoms with van der Waals surface area (Å²) in [5.74, 6) is -0.470. The van der Waals surface area contributed by atoms with Crippen LogP contribution in [0.15, 0.2) is 65.5 Å². The number of rotatable bonds is 0. The molecule has 4 nitrogen and oxygen atoms in total. The van der Waals surface area contributed by atoms with Crippen LogP contribution < -0.4 is 10.7 Å². The average molecular weight is 733 g/mol. The average Bonchev–Trinajstić information content (AvgIpc) is 3.64. The first-order valence-electron chi connectivity index (χ1n) is 12.3. The summed E-state index contributed by atoms with van der Waals surface area (Å²) in [5, 5.41) is 2.62. The molecule has 0 bridgehead atoms. The molecule has 0 N–H and O–H groups in total. The van der Waals surface area contributed by atoms with Crippen molar-refractivity contribution in [2.24, 2.45) is 0 Å². The molecule has 0 amide bonds. The Kier molecular flexibility index (Phi) is 11.7. The monoisotopic (exact) mass is 733 g/mol. The van der Waals surface area contributed by atoms with Gasteiger partial charge in [0, 0.05) is 134 Å². The Morgan fingerprint density at radius 2 is 0.947 bits per heavy atom. The number of hydrogen-bond donors (Lipinski definition) is 0. The second-order valence-electron chi connectivity index (χ2n) is 8.86. The maximum Gasteiger partial charge on any atom is 0.553 e. The van der Waals surface area contributed by atoms with Crippen molar-refractivity contribution in [1.29, 1.82) is 0 Å². The molecule has 0 saturated heterocycles. The normalized spacial score (nSPS) is 20.5. The van der Waals surface area contributed by atoms with E-state index in [4.69, 9.17) is 0 Å². The second-order valence-corrected chi connectivity index (χ2v) is 8.86. The van der Waals surface area contributed by atoms with Gasteiger partial charge in [-0.25, -0.2) is 0 Å². The quantitative estimate of drug-likeness (QED) is 0.264. The Morgan fingerprint density at radius 3 is 1.47 bits per heavy atom. The van der Waals surface area contributed by atoms with Crippen molar-refractivity contribution in [2.75, 3.05) is 0 Å². The van der Waals surface area contributed by atoms with Crippen LogP contribution in [0.4, 0.5) is 0 Å². The Hall–Kier alpha value is -0.0883. The molecule has 6 aliphatic rings. The molecule has 1 spiro atoms. The molecular weight excluding hydrogens is 695 g/mol. The van der Waals surface area contributed by atoms with Crippen molar-refractivity contribution in [3.8, 4) is 0 Å². The molecule has 8 rings (SSSR count). The van der Waals surface area contributed by atoms with Crippen LogP contribution in [0.2, 0.25) is 0 Å². The zero-order chi connectivity index (χ0) is 23.4. The zero-order valence-electron chi connectivity index (χ0n) is 24.6. The van der Waals surface area contributed by atoms with E-state index in [0.717, 1.165) is 0 Å².